The quantitative estimate of drug-likeness (QED) is 0.506. The molecule has 4 atom stereocenters. The van der Waals surface area contributed by atoms with Crippen molar-refractivity contribution in [3.63, 3.8) is 0 Å². The molecular formula is C20H24O4. The molecule has 5 rings (SSSR count). The fraction of sp³-hybridized carbons (Fsp3) is 0.700. The molecule has 3 aliphatic carbocycles. The number of cyclic esters (lactones) is 2. The van der Waals surface area contributed by atoms with Crippen molar-refractivity contribution in [1.29, 1.82) is 0 Å². The Kier molecular flexibility index (Phi) is 2.44. The minimum atomic E-state index is -0.504. The second-order valence-electron chi connectivity index (χ2n) is 9.53. The standard InChI is InChI=1S/C20H24O4/c1-18(2)8-11-5-10-7-20(11,17(22)24-18)15-12(10)6-13-14(15)9-19(3,4)23-16(13)21/h5,10,12,15H,6-9H2,1-4H3. The smallest absolute Gasteiger partial charge is 0.334 e. The molecule has 128 valence electrons. The van der Waals surface area contributed by atoms with Gasteiger partial charge in [-0.3, -0.25) is 4.79 Å². The monoisotopic (exact) mass is 328 g/mol. The van der Waals surface area contributed by atoms with Gasteiger partial charge in [0, 0.05) is 24.3 Å². The third-order valence-corrected chi connectivity index (χ3v) is 6.84. The number of fused-ring (bicyclic) bond motifs is 4. The van der Waals surface area contributed by atoms with Gasteiger partial charge >= 0.3 is 11.9 Å². The van der Waals surface area contributed by atoms with Crippen molar-refractivity contribution >= 4 is 11.9 Å². The van der Waals surface area contributed by atoms with Gasteiger partial charge in [0.05, 0.1) is 5.41 Å². The van der Waals surface area contributed by atoms with Crippen molar-refractivity contribution in [2.45, 2.75) is 64.6 Å². The lowest BCUT2D eigenvalue weighted by Crippen LogP contribution is -2.50. The molecule has 0 amide bonds. The number of hydrogen-bond acceptors (Lipinski definition) is 4. The van der Waals surface area contributed by atoms with Crippen LogP contribution in [0.25, 0.3) is 0 Å². The highest BCUT2D eigenvalue weighted by Gasteiger charge is 2.69. The van der Waals surface area contributed by atoms with Crippen LogP contribution in [0.4, 0.5) is 0 Å². The molecule has 4 nitrogen and oxygen atoms in total. The first-order valence-corrected chi connectivity index (χ1v) is 9.03. The van der Waals surface area contributed by atoms with Crippen LogP contribution in [0.3, 0.4) is 0 Å². The Labute approximate surface area is 142 Å². The molecule has 5 aliphatic rings. The Bertz CT molecular complexity index is 754. The summed E-state index contributed by atoms with van der Waals surface area (Å²) in [4.78, 5) is 25.6. The summed E-state index contributed by atoms with van der Waals surface area (Å²) >= 11 is 0. The van der Waals surface area contributed by atoms with Crippen molar-refractivity contribution in [3.8, 4) is 0 Å². The highest BCUT2D eigenvalue weighted by molar-refractivity contribution is 5.93. The topological polar surface area (TPSA) is 52.6 Å². The average Bonchev–Trinajstić information content (AvgIpc) is 3.04. The molecule has 4 heteroatoms. The Morgan fingerprint density at radius 1 is 1.04 bits per heavy atom. The molecular weight excluding hydrogens is 304 g/mol. The second-order valence-corrected chi connectivity index (χ2v) is 9.53. The lowest BCUT2D eigenvalue weighted by Gasteiger charge is -2.46. The number of hydrogen-bond donors (Lipinski definition) is 0. The van der Waals surface area contributed by atoms with Gasteiger partial charge in [0.2, 0.25) is 0 Å². The van der Waals surface area contributed by atoms with E-state index in [0.29, 0.717) is 11.8 Å². The fourth-order valence-electron chi connectivity index (χ4n) is 6.20. The summed E-state index contributed by atoms with van der Waals surface area (Å²) in [5.74, 6) is 0.679. The van der Waals surface area contributed by atoms with Crippen LogP contribution in [0.2, 0.25) is 0 Å². The summed E-state index contributed by atoms with van der Waals surface area (Å²) in [5.41, 5.74) is 1.89. The third-order valence-electron chi connectivity index (χ3n) is 6.84. The molecule has 0 radical (unpaired) electrons. The summed E-state index contributed by atoms with van der Waals surface area (Å²) in [7, 11) is 0. The van der Waals surface area contributed by atoms with Crippen LogP contribution in [0.15, 0.2) is 22.8 Å². The maximum atomic E-state index is 13.1. The summed E-state index contributed by atoms with van der Waals surface area (Å²) < 4.78 is 11.5. The van der Waals surface area contributed by atoms with E-state index >= 15 is 0 Å². The highest BCUT2D eigenvalue weighted by atomic mass is 16.6. The first-order valence-electron chi connectivity index (χ1n) is 9.03. The van der Waals surface area contributed by atoms with Crippen molar-refractivity contribution in [1.82, 2.24) is 0 Å². The van der Waals surface area contributed by atoms with Crippen molar-refractivity contribution in [3.05, 3.63) is 22.8 Å². The zero-order chi connectivity index (χ0) is 17.1. The molecule has 2 heterocycles. The molecule has 0 N–H and O–H groups in total. The van der Waals surface area contributed by atoms with E-state index in [-0.39, 0.29) is 17.9 Å². The molecule has 2 bridgehead atoms. The van der Waals surface area contributed by atoms with Gasteiger partial charge in [0.1, 0.15) is 11.2 Å². The minimum absolute atomic E-state index is 0.0644. The van der Waals surface area contributed by atoms with Crippen LogP contribution < -0.4 is 0 Å². The number of carbonyl (C=O) groups is 2. The number of ether oxygens (including phenoxy) is 2. The zero-order valence-corrected chi connectivity index (χ0v) is 14.8. The van der Waals surface area contributed by atoms with Gasteiger partial charge < -0.3 is 9.47 Å². The van der Waals surface area contributed by atoms with Gasteiger partial charge in [0.15, 0.2) is 0 Å². The third kappa shape index (κ3) is 1.60. The normalized spacial score (nSPS) is 43.7. The van der Waals surface area contributed by atoms with E-state index in [1.54, 1.807) is 0 Å². The van der Waals surface area contributed by atoms with Crippen molar-refractivity contribution < 1.29 is 19.1 Å². The van der Waals surface area contributed by atoms with E-state index in [9.17, 15) is 9.59 Å². The molecule has 1 saturated heterocycles. The molecule has 2 aliphatic heterocycles. The highest BCUT2D eigenvalue weighted by Crippen LogP contribution is 2.70. The van der Waals surface area contributed by atoms with E-state index in [0.717, 1.165) is 31.3 Å². The van der Waals surface area contributed by atoms with Crippen molar-refractivity contribution in [2.24, 2.45) is 23.2 Å². The van der Waals surface area contributed by atoms with Gasteiger partial charge in [-0.15, -0.1) is 0 Å². The van der Waals surface area contributed by atoms with Crippen LogP contribution >= 0.6 is 0 Å². The molecule has 0 aromatic rings. The van der Waals surface area contributed by atoms with Crippen LogP contribution in [-0.4, -0.2) is 23.1 Å². The molecule has 1 spiro atoms. The maximum Gasteiger partial charge on any atom is 0.334 e. The zero-order valence-electron chi connectivity index (χ0n) is 14.8. The SMILES string of the molecule is CC1(C)CC2=C(CC3C4C=C5CC(C)(C)OC(=O)C5(C4)C23)C(=O)O1. The number of rotatable bonds is 0. The molecule has 0 aromatic heterocycles. The van der Waals surface area contributed by atoms with Gasteiger partial charge in [-0.05, 0) is 52.4 Å². The molecule has 2 fully saturated rings. The maximum absolute atomic E-state index is 13.1. The van der Waals surface area contributed by atoms with Gasteiger partial charge in [0.25, 0.3) is 0 Å². The molecule has 1 saturated carbocycles. The summed E-state index contributed by atoms with van der Waals surface area (Å²) in [6, 6.07) is 0. The lowest BCUT2D eigenvalue weighted by atomic mass is 9.63. The van der Waals surface area contributed by atoms with E-state index in [1.165, 1.54) is 11.1 Å². The van der Waals surface area contributed by atoms with Crippen molar-refractivity contribution in [2.75, 3.05) is 0 Å². The second kappa shape index (κ2) is 3.97. The van der Waals surface area contributed by atoms with Gasteiger partial charge in [-0.25, -0.2) is 4.79 Å². The fourth-order valence-corrected chi connectivity index (χ4v) is 6.20. The predicted molar refractivity (Wildman–Crippen MR) is 86.8 cm³/mol. The van der Waals surface area contributed by atoms with E-state index in [1.807, 2.05) is 27.7 Å². The number of carbonyl (C=O) groups excluding carboxylic acids is 2. The molecule has 0 aromatic carbocycles. The summed E-state index contributed by atoms with van der Waals surface area (Å²) in [6.45, 7) is 7.91. The van der Waals surface area contributed by atoms with Crippen LogP contribution in [-0.2, 0) is 19.1 Å². The van der Waals surface area contributed by atoms with E-state index in [2.05, 4.69) is 6.08 Å². The van der Waals surface area contributed by atoms with Crippen LogP contribution in [0.5, 0.6) is 0 Å². The summed E-state index contributed by atoms with van der Waals surface area (Å²) in [6.07, 6.45) is 5.53. The number of esters is 2. The van der Waals surface area contributed by atoms with Gasteiger partial charge in [-0.2, -0.15) is 0 Å². The van der Waals surface area contributed by atoms with Crippen LogP contribution in [0.1, 0.15) is 53.4 Å². The lowest BCUT2D eigenvalue weighted by molar-refractivity contribution is -0.175. The Morgan fingerprint density at radius 3 is 2.50 bits per heavy atom. The Balaban J connectivity index is 1.64. The molecule has 4 unspecified atom stereocenters. The first kappa shape index (κ1) is 14.7. The largest absolute Gasteiger partial charge is 0.459 e. The molecule has 24 heavy (non-hydrogen) atoms. The number of allylic oxidation sites excluding steroid dienone is 1. The predicted octanol–water partition coefficient (Wildman–Crippen LogP) is 3.32. The average molecular weight is 328 g/mol. The van der Waals surface area contributed by atoms with E-state index < -0.39 is 16.6 Å². The van der Waals surface area contributed by atoms with E-state index in [4.69, 9.17) is 9.47 Å². The Hall–Kier alpha value is -1.58. The first-order chi connectivity index (χ1) is 11.1. The Morgan fingerprint density at radius 2 is 1.75 bits per heavy atom. The minimum Gasteiger partial charge on any atom is -0.459 e. The van der Waals surface area contributed by atoms with Gasteiger partial charge in [-0.1, -0.05) is 17.2 Å². The summed E-state index contributed by atoms with van der Waals surface area (Å²) in [5, 5.41) is 0. The van der Waals surface area contributed by atoms with Crippen LogP contribution in [0, 0.1) is 23.2 Å².